The van der Waals surface area contributed by atoms with Crippen LogP contribution in [0, 0.1) is 6.92 Å². The van der Waals surface area contributed by atoms with Crippen LogP contribution in [0.3, 0.4) is 0 Å². The molecular formula is C15H16BrNO2S2. The van der Waals surface area contributed by atoms with Crippen LogP contribution in [0.2, 0.25) is 0 Å². The summed E-state index contributed by atoms with van der Waals surface area (Å²) >= 11 is 4.89. The lowest BCUT2D eigenvalue weighted by molar-refractivity contribution is 0.441. The normalized spacial score (nSPS) is 11.8. The van der Waals surface area contributed by atoms with Gasteiger partial charge >= 0.3 is 0 Å². The van der Waals surface area contributed by atoms with E-state index in [0.717, 1.165) is 10.4 Å². The fraction of sp³-hybridized carbons (Fsp3) is 0.200. The van der Waals surface area contributed by atoms with Crippen molar-refractivity contribution >= 4 is 37.3 Å². The summed E-state index contributed by atoms with van der Waals surface area (Å²) in [6, 6.07) is 9.10. The van der Waals surface area contributed by atoms with Gasteiger partial charge in [0.05, 0.1) is 4.90 Å². The van der Waals surface area contributed by atoms with E-state index in [0.29, 0.717) is 11.0 Å². The number of nitrogens with zero attached hydrogens (tertiary/aromatic N) is 1. The van der Waals surface area contributed by atoms with Crippen molar-refractivity contribution in [1.29, 1.82) is 0 Å². The highest BCUT2D eigenvalue weighted by Gasteiger charge is 2.26. The lowest BCUT2D eigenvalue weighted by Crippen LogP contribution is -2.30. The van der Waals surface area contributed by atoms with Crippen molar-refractivity contribution in [2.24, 2.45) is 0 Å². The van der Waals surface area contributed by atoms with Gasteiger partial charge < -0.3 is 0 Å². The molecular weight excluding hydrogens is 370 g/mol. The van der Waals surface area contributed by atoms with Crippen LogP contribution < -0.4 is 0 Å². The highest BCUT2D eigenvalue weighted by atomic mass is 79.9. The fourth-order valence-electron chi connectivity index (χ4n) is 1.92. The Kier molecular flexibility index (Phi) is 5.37. The van der Waals surface area contributed by atoms with E-state index < -0.39 is 10.0 Å². The molecule has 3 nitrogen and oxygen atoms in total. The van der Waals surface area contributed by atoms with Gasteiger partial charge in [-0.25, -0.2) is 8.42 Å². The van der Waals surface area contributed by atoms with Crippen LogP contribution in [-0.2, 0) is 16.6 Å². The number of thiophene rings is 1. The van der Waals surface area contributed by atoms with Crippen LogP contribution in [-0.4, -0.2) is 19.3 Å². The van der Waals surface area contributed by atoms with E-state index in [-0.39, 0.29) is 11.4 Å². The summed E-state index contributed by atoms with van der Waals surface area (Å²) in [6.07, 6.45) is 1.60. The Morgan fingerprint density at radius 2 is 2.14 bits per heavy atom. The summed E-state index contributed by atoms with van der Waals surface area (Å²) in [6.45, 7) is 6.22. The first-order valence-electron chi connectivity index (χ1n) is 6.34. The molecule has 0 N–H and O–H groups in total. The van der Waals surface area contributed by atoms with Gasteiger partial charge in [0.15, 0.2) is 0 Å². The first-order valence-corrected chi connectivity index (χ1v) is 9.46. The molecule has 0 bridgehead atoms. The van der Waals surface area contributed by atoms with E-state index >= 15 is 0 Å². The molecule has 0 aliphatic rings. The number of sulfonamides is 1. The van der Waals surface area contributed by atoms with Gasteiger partial charge in [0, 0.05) is 22.4 Å². The van der Waals surface area contributed by atoms with Crippen molar-refractivity contribution in [3.05, 3.63) is 63.3 Å². The maximum Gasteiger partial charge on any atom is 0.244 e. The topological polar surface area (TPSA) is 37.4 Å². The molecule has 0 atom stereocenters. The maximum absolute atomic E-state index is 12.8. The van der Waals surface area contributed by atoms with Crippen LogP contribution in [0.5, 0.6) is 0 Å². The van der Waals surface area contributed by atoms with Gasteiger partial charge in [-0.3, -0.25) is 0 Å². The van der Waals surface area contributed by atoms with E-state index in [1.54, 1.807) is 29.5 Å². The zero-order valence-electron chi connectivity index (χ0n) is 11.6. The molecule has 0 aliphatic carbocycles. The Morgan fingerprint density at radius 3 is 2.71 bits per heavy atom. The van der Waals surface area contributed by atoms with Crippen molar-refractivity contribution in [2.45, 2.75) is 18.4 Å². The van der Waals surface area contributed by atoms with Crippen LogP contribution in [0.4, 0.5) is 0 Å². The number of hydrogen-bond donors (Lipinski definition) is 0. The van der Waals surface area contributed by atoms with E-state index in [1.807, 2.05) is 30.5 Å². The first-order chi connectivity index (χ1) is 9.95. The average Bonchev–Trinajstić information content (AvgIpc) is 2.90. The molecule has 112 valence electrons. The highest BCUT2D eigenvalue weighted by Crippen LogP contribution is 2.27. The van der Waals surface area contributed by atoms with Crippen molar-refractivity contribution in [3.63, 3.8) is 0 Å². The largest absolute Gasteiger partial charge is 0.244 e. The summed E-state index contributed by atoms with van der Waals surface area (Å²) in [5, 5.41) is 1.94. The predicted molar refractivity (Wildman–Crippen MR) is 91.0 cm³/mol. The molecule has 2 rings (SSSR count). The van der Waals surface area contributed by atoms with Gasteiger partial charge in [-0.2, -0.15) is 4.31 Å². The fourth-order valence-corrected chi connectivity index (χ4v) is 5.26. The summed E-state index contributed by atoms with van der Waals surface area (Å²) in [5.74, 6) is 0. The van der Waals surface area contributed by atoms with Gasteiger partial charge in [0.1, 0.15) is 0 Å². The van der Waals surface area contributed by atoms with Crippen LogP contribution in [0.25, 0.3) is 0 Å². The van der Waals surface area contributed by atoms with Gasteiger partial charge in [-0.1, -0.05) is 18.2 Å². The Labute approximate surface area is 138 Å². The lowest BCUT2D eigenvalue weighted by Gasteiger charge is -2.21. The van der Waals surface area contributed by atoms with Crippen molar-refractivity contribution in [3.8, 4) is 0 Å². The Balaban J connectivity index is 2.39. The quantitative estimate of drug-likeness (QED) is 0.698. The Bertz CT molecular complexity index is 724. The van der Waals surface area contributed by atoms with E-state index in [4.69, 9.17) is 0 Å². The Morgan fingerprint density at radius 1 is 1.38 bits per heavy atom. The van der Waals surface area contributed by atoms with Crippen molar-refractivity contribution < 1.29 is 8.42 Å². The Hall–Kier alpha value is -0.950. The first kappa shape index (κ1) is 16.4. The number of aryl methyl sites for hydroxylation is 1. The smallest absolute Gasteiger partial charge is 0.207 e. The number of benzene rings is 1. The van der Waals surface area contributed by atoms with E-state index in [2.05, 4.69) is 22.5 Å². The standard InChI is InChI=1S/C15H16BrNO2S2/c1-3-8-17(11-13-5-4-9-20-13)21(18,19)15-7-6-12(2)10-14(15)16/h3-7,9-10H,1,8,11H2,2H3. The molecule has 0 amide bonds. The monoisotopic (exact) mass is 385 g/mol. The van der Waals surface area contributed by atoms with E-state index in [9.17, 15) is 8.42 Å². The molecule has 1 aromatic carbocycles. The second kappa shape index (κ2) is 6.87. The third-order valence-corrected chi connectivity index (χ3v) is 6.60. The molecule has 1 aromatic heterocycles. The predicted octanol–water partition coefficient (Wildman–Crippen LogP) is 4.20. The average molecular weight is 386 g/mol. The third-order valence-electron chi connectivity index (χ3n) is 2.95. The molecule has 1 heterocycles. The number of rotatable bonds is 6. The lowest BCUT2D eigenvalue weighted by atomic mass is 10.2. The summed E-state index contributed by atoms with van der Waals surface area (Å²) < 4.78 is 27.7. The minimum Gasteiger partial charge on any atom is -0.207 e. The minimum absolute atomic E-state index is 0.278. The zero-order valence-corrected chi connectivity index (χ0v) is 14.8. The SMILES string of the molecule is C=CCN(Cc1cccs1)S(=O)(=O)c1ccc(C)cc1Br. The van der Waals surface area contributed by atoms with Gasteiger partial charge in [0.25, 0.3) is 0 Å². The minimum atomic E-state index is -3.56. The number of hydrogen-bond acceptors (Lipinski definition) is 3. The molecule has 21 heavy (non-hydrogen) atoms. The summed E-state index contributed by atoms with van der Waals surface area (Å²) in [5.41, 5.74) is 1.01. The molecule has 0 unspecified atom stereocenters. The van der Waals surface area contributed by atoms with E-state index in [1.165, 1.54) is 4.31 Å². The molecule has 0 saturated heterocycles. The molecule has 0 saturated carbocycles. The summed E-state index contributed by atoms with van der Waals surface area (Å²) in [4.78, 5) is 1.29. The zero-order chi connectivity index (χ0) is 15.5. The molecule has 0 aliphatic heterocycles. The molecule has 0 radical (unpaired) electrons. The summed E-state index contributed by atoms with van der Waals surface area (Å²) in [7, 11) is -3.56. The second-order valence-electron chi connectivity index (χ2n) is 4.60. The highest BCUT2D eigenvalue weighted by molar-refractivity contribution is 9.10. The van der Waals surface area contributed by atoms with Gasteiger partial charge in [-0.05, 0) is 52.0 Å². The second-order valence-corrected chi connectivity index (χ2v) is 8.39. The maximum atomic E-state index is 12.8. The van der Waals surface area contributed by atoms with Crippen LogP contribution in [0.1, 0.15) is 10.4 Å². The molecule has 0 spiro atoms. The van der Waals surface area contributed by atoms with Gasteiger partial charge in [-0.15, -0.1) is 17.9 Å². The van der Waals surface area contributed by atoms with Crippen molar-refractivity contribution in [1.82, 2.24) is 4.31 Å². The third kappa shape index (κ3) is 3.83. The van der Waals surface area contributed by atoms with Crippen LogP contribution in [0.15, 0.2) is 57.7 Å². The van der Waals surface area contributed by atoms with Crippen LogP contribution >= 0.6 is 27.3 Å². The molecule has 0 fully saturated rings. The molecule has 6 heteroatoms. The van der Waals surface area contributed by atoms with Crippen molar-refractivity contribution in [2.75, 3.05) is 6.54 Å². The van der Waals surface area contributed by atoms with Gasteiger partial charge in [0.2, 0.25) is 10.0 Å². The number of halogens is 1. The molecule has 2 aromatic rings.